The summed E-state index contributed by atoms with van der Waals surface area (Å²) in [5.74, 6) is -0.115. The molecule has 2 saturated heterocycles. The van der Waals surface area contributed by atoms with Gasteiger partial charge in [-0.05, 0) is 55.7 Å². The molecule has 0 N–H and O–H groups in total. The van der Waals surface area contributed by atoms with Crippen molar-refractivity contribution in [3.63, 3.8) is 0 Å². The molecular formula is C25H28FNO3. The Hall–Kier alpha value is -2.69. The van der Waals surface area contributed by atoms with Crippen LogP contribution in [0, 0.1) is 11.7 Å². The van der Waals surface area contributed by atoms with Crippen LogP contribution in [0.25, 0.3) is 0 Å². The van der Waals surface area contributed by atoms with Crippen molar-refractivity contribution in [3.05, 3.63) is 71.5 Å². The van der Waals surface area contributed by atoms with Crippen LogP contribution >= 0.6 is 0 Å². The smallest absolute Gasteiger partial charge is 0.410 e. The summed E-state index contributed by atoms with van der Waals surface area (Å²) in [6.07, 6.45) is 4.78. The molecule has 4 nitrogen and oxygen atoms in total. The molecule has 2 aromatic carbocycles. The second-order valence-electron chi connectivity index (χ2n) is 8.41. The van der Waals surface area contributed by atoms with E-state index in [1.54, 1.807) is 18.2 Å². The molecule has 2 heterocycles. The average Bonchev–Trinajstić information content (AvgIpc) is 2.76. The minimum Gasteiger partial charge on any atom is -0.445 e. The molecule has 0 saturated carbocycles. The highest BCUT2D eigenvalue weighted by molar-refractivity contribution is 5.82. The summed E-state index contributed by atoms with van der Waals surface area (Å²) >= 11 is 0. The van der Waals surface area contributed by atoms with E-state index in [1.807, 2.05) is 35.2 Å². The summed E-state index contributed by atoms with van der Waals surface area (Å²) in [6, 6.07) is 16.4. The third-order valence-electron chi connectivity index (χ3n) is 6.44. The third kappa shape index (κ3) is 4.72. The first-order valence-electron chi connectivity index (χ1n) is 10.9. The van der Waals surface area contributed by atoms with Crippen molar-refractivity contribution in [1.29, 1.82) is 0 Å². The van der Waals surface area contributed by atoms with Gasteiger partial charge >= 0.3 is 6.09 Å². The zero-order chi connectivity index (χ0) is 20.9. The quantitative estimate of drug-likeness (QED) is 0.651. The Labute approximate surface area is 177 Å². The molecule has 2 aromatic rings. The van der Waals surface area contributed by atoms with E-state index in [2.05, 4.69) is 0 Å². The van der Waals surface area contributed by atoms with Crippen LogP contribution in [0.3, 0.4) is 0 Å². The highest BCUT2D eigenvalue weighted by atomic mass is 19.1. The molecule has 0 aliphatic carbocycles. The van der Waals surface area contributed by atoms with Crippen LogP contribution in [0.15, 0.2) is 54.6 Å². The van der Waals surface area contributed by atoms with Gasteiger partial charge in [-0.2, -0.15) is 0 Å². The van der Waals surface area contributed by atoms with Gasteiger partial charge in [0.05, 0.1) is 0 Å². The molecule has 5 heteroatoms. The third-order valence-corrected chi connectivity index (χ3v) is 6.44. The Morgan fingerprint density at radius 3 is 2.33 bits per heavy atom. The van der Waals surface area contributed by atoms with Gasteiger partial charge in [0.1, 0.15) is 18.2 Å². The van der Waals surface area contributed by atoms with E-state index in [9.17, 15) is 14.0 Å². The lowest BCUT2D eigenvalue weighted by atomic mass is 9.76. The van der Waals surface area contributed by atoms with Crippen molar-refractivity contribution in [2.24, 2.45) is 5.92 Å². The van der Waals surface area contributed by atoms with Crippen LogP contribution in [0.1, 0.15) is 49.7 Å². The van der Waals surface area contributed by atoms with Gasteiger partial charge in [0.25, 0.3) is 0 Å². The van der Waals surface area contributed by atoms with Crippen LogP contribution in [-0.4, -0.2) is 28.9 Å². The fourth-order valence-corrected chi connectivity index (χ4v) is 4.90. The molecule has 2 bridgehead atoms. The first-order valence-corrected chi connectivity index (χ1v) is 10.9. The molecule has 2 atom stereocenters. The number of carbonyl (C=O) groups is 2. The lowest BCUT2D eigenvalue weighted by molar-refractivity contribution is -0.126. The number of ether oxygens (including phenoxy) is 1. The van der Waals surface area contributed by atoms with Gasteiger partial charge in [-0.1, -0.05) is 48.5 Å². The number of ketones is 1. The minimum atomic E-state index is -0.272. The number of benzene rings is 2. The van der Waals surface area contributed by atoms with E-state index >= 15 is 0 Å². The Bertz CT molecular complexity index is 871. The van der Waals surface area contributed by atoms with Crippen molar-refractivity contribution < 1.29 is 18.7 Å². The highest BCUT2D eigenvalue weighted by Crippen LogP contribution is 2.38. The SMILES string of the molecule is O=C(CCc1ccccc1F)C1CC2CCCC(C1)N2C(=O)OCc1ccccc1. The number of amides is 1. The molecule has 2 unspecified atom stereocenters. The van der Waals surface area contributed by atoms with E-state index in [0.29, 0.717) is 31.2 Å². The zero-order valence-corrected chi connectivity index (χ0v) is 17.1. The number of Topliss-reactive ketones (excluding diaryl/α,β-unsaturated/α-hetero) is 1. The summed E-state index contributed by atoms with van der Waals surface area (Å²) in [5, 5.41) is 0. The number of hydrogen-bond donors (Lipinski definition) is 0. The number of piperidine rings is 2. The molecular weight excluding hydrogens is 381 g/mol. The highest BCUT2D eigenvalue weighted by Gasteiger charge is 2.43. The van der Waals surface area contributed by atoms with Crippen LogP contribution in [-0.2, 0) is 22.6 Å². The molecule has 30 heavy (non-hydrogen) atoms. The van der Waals surface area contributed by atoms with Crippen LogP contribution in [0.2, 0.25) is 0 Å². The lowest BCUT2D eigenvalue weighted by Gasteiger charge is -2.47. The molecule has 0 radical (unpaired) electrons. The first-order chi connectivity index (χ1) is 14.6. The average molecular weight is 410 g/mol. The molecule has 158 valence electrons. The van der Waals surface area contributed by atoms with Crippen molar-refractivity contribution in [3.8, 4) is 0 Å². The Morgan fingerprint density at radius 2 is 1.63 bits per heavy atom. The second-order valence-corrected chi connectivity index (χ2v) is 8.41. The van der Waals surface area contributed by atoms with Gasteiger partial charge in [0.15, 0.2) is 0 Å². The standard InChI is InChI=1S/C25H28FNO3/c26-23-12-5-4-9-19(23)13-14-24(28)20-15-21-10-6-11-22(16-20)27(21)25(29)30-17-18-7-2-1-3-8-18/h1-5,7-9,12,20-22H,6,10-11,13-17H2. The molecule has 1 amide bonds. The van der Waals surface area contributed by atoms with Crippen molar-refractivity contribution in [2.75, 3.05) is 0 Å². The summed E-state index contributed by atoms with van der Waals surface area (Å²) in [6.45, 7) is 0.264. The van der Waals surface area contributed by atoms with E-state index < -0.39 is 0 Å². The number of fused-ring (bicyclic) bond motifs is 2. The number of rotatable bonds is 6. The van der Waals surface area contributed by atoms with Gasteiger partial charge in [0.2, 0.25) is 0 Å². The van der Waals surface area contributed by atoms with Gasteiger partial charge in [-0.25, -0.2) is 9.18 Å². The van der Waals surface area contributed by atoms with Crippen molar-refractivity contribution >= 4 is 11.9 Å². The minimum absolute atomic E-state index is 0.0507. The summed E-state index contributed by atoms with van der Waals surface area (Å²) in [4.78, 5) is 27.5. The summed E-state index contributed by atoms with van der Waals surface area (Å²) in [7, 11) is 0. The molecule has 0 spiro atoms. The monoisotopic (exact) mass is 409 g/mol. The zero-order valence-electron chi connectivity index (χ0n) is 17.1. The fraction of sp³-hybridized carbons (Fsp3) is 0.440. The maximum atomic E-state index is 13.8. The van der Waals surface area contributed by atoms with Crippen LogP contribution < -0.4 is 0 Å². The van der Waals surface area contributed by atoms with Gasteiger partial charge in [0, 0.05) is 24.4 Å². The Morgan fingerprint density at radius 1 is 0.967 bits per heavy atom. The normalized spacial score (nSPS) is 23.1. The summed E-state index contributed by atoms with van der Waals surface area (Å²) < 4.78 is 19.4. The number of nitrogens with zero attached hydrogens (tertiary/aromatic N) is 1. The number of halogens is 1. The van der Waals surface area contributed by atoms with Gasteiger partial charge in [-0.3, -0.25) is 4.79 Å². The van der Waals surface area contributed by atoms with Gasteiger partial charge in [-0.15, -0.1) is 0 Å². The van der Waals surface area contributed by atoms with Crippen LogP contribution in [0.4, 0.5) is 9.18 Å². The topological polar surface area (TPSA) is 46.6 Å². The maximum absolute atomic E-state index is 13.8. The lowest BCUT2D eigenvalue weighted by Crippen LogP contribution is -2.55. The first kappa shape index (κ1) is 20.6. The molecule has 2 fully saturated rings. The van der Waals surface area contributed by atoms with E-state index in [0.717, 1.165) is 24.8 Å². The Kier molecular flexibility index (Phi) is 6.46. The fourth-order valence-electron chi connectivity index (χ4n) is 4.90. The molecule has 0 aromatic heterocycles. The number of hydrogen-bond acceptors (Lipinski definition) is 3. The van der Waals surface area contributed by atoms with Crippen LogP contribution in [0.5, 0.6) is 0 Å². The maximum Gasteiger partial charge on any atom is 0.410 e. The predicted molar refractivity (Wildman–Crippen MR) is 112 cm³/mol. The van der Waals surface area contributed by atoms with Crippen molar-refractivity contribution in [2.45, 2.75) is 63.6 Å². The number of carbonyl (C=O) groups excluding carboxylic acids is 2. The Balaban J connectivity index is 1.34. The molecule has 4 rings (SSSR count). The molecule has 2 aliphatic heterocycles. The second kappa shape index (κ2) is 9.41. The number of aryl methyl sites for hydroxylation is 1. The van der Waals surface area contributed by atoms with E-state index in [-0.39, 0.29) is 42.3 Å². The van der Waals surface area contributed by atoms with E-state index in [4.69, 9.17) is 4.74 Å². The largest absolute Gasteiger partial charge is 0.445 e. The molecule has 2 aliphatic rings. The van der Waals surface area contributed by atoms with E-state index in [1.165, 1.54) is 6.07 Å². The predicted octanol–water partition coefficient (Wildman–Crippen LogP) is 5.30. The summed E-state index contributed by atoms with van der Waals surface area (Å²) in [5.41, 5.74) is 1.56. The van der Waals surface area contributed by atoms with Crippen molar-refractivity contribution in [1.82, 2.24) is 4.90 Å². The van der Waals surface area contributed by atoms with Gasteiger partial charge < -0.3 is 9.64 Å².